The predicted molar refractivity (Wildman–Crippen MR) is 228 cm³/mol. The Bertz CT molecular complexity index is 2940. The topological polar surface area (TPSA) is 258 Å². The summed E-state index contributed by atoms with van der Waals surface area (Å²) in [7, 11) is -18.9. The Labute approximate surface area is 350 Å². The van der Waals surface area contributed by atoms with Gasteiger partial charge in [-0.1, -0.05) is 70.2 Å². The molecule has 0 bridgehead atoms. The van der Waals surface area contributed by atoms with Crippen LogP contribution in [0.4, 0.5) is 5.69 Å². The van der Waals surface area contributed by atoms with E-state index in [9.17, 15) is 56.7 Å². The van der Waals surface area contributed by atoms with Gasteiger partial charge in [-0.25, -0.2) is 0 Å². The number of aliphatic carboxylic acids is 1. The van der Waals surface area contributed by atoms with Crippen LogP contribution in [0.15, 0.2) is 105 Å². The summed E-state index contributed by atoms with van der Waals surface area (Å²) in [6.45, 7) is 12.0. The molecule has 1 atom stereocenters. The van der Waals surface area contributed by atoms with Gasteiger partial charge in [0.25, 0.3) is 40.5 Å². The minimum absolute atomic E-state index is 0.00609. The number of unbranched alkanes of at least 4 members (excludes halogenated alkanes) is 2. The highest BCUT2D eigenvalue weighted by Gasteiger charge is 2.42. The third-order valence-corrected chi connectivity index (χ3v) is 14.5. The van der Waals surface area contributed by atoms with E-state index in [0.29, 0.717) is 76.3 Å². The third-order valence-electron chi connectivity index (χ3n) is 11.1. The molecule has 1 unspecified atom stereocenters. The molecule has 0 spiro atoms. The van der Waals surface area contributed by atoms with E-state index in [1.54, 1.807) is 43.4 Å². The molecule has 0 fully saturated rings. The van der Waals surface area contributed by atoms with Gasteiger partial charge in [0.2, 0.25) is 0 Å². The second-order valence-electron chi connectivity index (χ2n) is 15.7. The minimum atomic E-state index is -4.99. The Balaban J connectivity index is 1.69. The quantitative estimate of drug-likeness (QED) is 0.0393. The van der Waals surface area contributed by atoms with E-state index in [1.807, 2.05) is 31.7 Å². The molecule has 0 saturated heterocycles. The average molecular weight is 906 g/mol. The smallest absolute Gasteiger partial charge is 0.303 e. The highest BCUT2D eigenvalue weighted by Crippen LogP contribution is 2.52. The van der Waals surface area contributed by atoms with Gasteiger partial charge in [0.15, 0.2) is 0 Å². The number of anilines is 1. The van der Waals surface area contributed by atoms with Crippen LogP contribution in [-0.2, 0) is 56.1 Å². The molecule has 1 aliphatic rings. The Kier molecular flexibility index (Phi) is 13.0. The third kappa shape index (κ3) is 9.84. The molecular formula is C41H47NO14S4. The number of carbonyl (C=O) groups is 1. The van der Waals surface area contributed by atoms with Crippen LogP contribution in [-0.4, -0.2) is 75.3 Å². The van der Waals surface area contributed by atoms with Crippen LogP contribution < -0.4 is 4.90 Å². The zero-order valence-electron chi connectivity index (χ0n) is 33.3. The average Bonchev–Trinajstić information content (AvgIpc) is 3.33. The molecule has 5 N–H and O–H groups in total. The van der Waals surface area contributed by atoms with E-state index in [2.05, 4.69) is 6.58 Å². The molecule has 4 aromatic carbocycles. The lowest BCUT2D eigenvalue weighted by atomic mass is 9.70. The Morgan fingerprint density at radius 3 is 2.02 bits per heavy atom. The van der Waals surface area contributed by atoms with E-state index < -0.39 is 72.8 Å². The molecule has 1 heterocycles. The number of benzene rings is 4. The molecule has 4 aromatic rings. The number of aryl methyl sites for hydroxylation is 1. The van der Waals surface area contributed by atoms with Gasteiger partial charge in [-0.05, 0) is 107 Å². The molecule has 0 aromatic heterocycles. The fourth-order valence-electron chi connectivity index (χ4n) is 8.26. The van der Waals surface area contributed by atoms with Crippen molar-refractivity contribution in [3.63, 3.8) is 0 Å². The minimum Gasteiger partial charge on any atom is -0.481 e. The Morgan fingerprint density at radius 1 is 0.783 bits per heavy atom. The van der Waals surface area contributed by atoms with Crippen molar-refractivity contribution in [1.82, 2.24) is 0 Å². The summed E-state index contributed by atoms with van der Waals surface area (Å²) in [5, 5.41) is 10.4. The maximum absolute atomic E-state index is 12.5. The predicted octanol–water partition coefficient (Wildman–Crippen LogP) is 7.41. The van der Waals surface area contributed by atoms with Crippen molar-refractivity contribution in [2.24, 2.45) is 0 Å². The molecule has 0 saturated carbocycles. The summed E-state index contributed by atoms with van der Waals surface area (Å²) in [5.74, 6) is -1.50. The van der Waals surface area contributed by atoms with E-state index in [-0.39, 0.29) is 34.9 Å². The number of carboxylic acid groups (broad SMARTS) is 1. The number of allylic oxidation sites excluding steroid dienone is 5. The van der Waals surface area contributed by atoms with Gasteiger partial charge in [-0.3, -0.25) is 23.0 Å². The first kappa shape index (κ1) is 46.6. The second-order valence-corrected chi connectivity index (χ2v) is 21.5. The lowest BCUT2D eigenvalue weighted by Crippen LogP contribution is -2.27. The maximum atomic E-state index is 12.5. The molecular weight excluding hydrogens is 859 g/mol. The molecule has 0 aliphatic carbocycles. The Morgan fingerprint density at radius 2 is 1.42 bits per heavy atom. The maximum Gasteiger partial charge on any atom is 0.303 e. The van der Waals surface area contributed by atoms with Crippen molar-refractivity contribution >= 4 is 73.7 Å². The van der Waals surface area contributed by atoms with Crippen LogP contribution >= 0.6 is 0 Å². The summed E-state index contributed by atoms with van der Waals surface area (Å²) in [5.41, 5.74) is 1.36. The summed E-state index contributed by atoms with van der Waals surface area (Å²) < 4.78 is 138. The second kappa shape index (κ2) is 16.8. The van der Waals surface area contributed by atoms with Crippen molar-refractivity contribution in [2.75, 3.05) is 17.2 Å². The molecule has 0 amide bonds. The molecule has 19 heteroatoms. The molecule has 60 heavy (non-hydrogen) atoms. The first-order valence-corrected chi connectivity index (χ1v) is 24.6. The summed E-state index contributed by atoms with van der Waals surface area (Å²) in [6, 6.07) is 12.6. The van der Waals surface area contributed by atoms with Gasteiger partial charge in [0, 0.05) is 40.6 Å². The molecule has 5 rings (SSSR count). The highest BCUT2D eigenvalue weighted by atomic mass is 32.2. The number of hydrogen-bond donors (Lipinski definition) is 5. The number of nitrogens with zero attached hydrogens (tertiary/aromatic N) is 1. The number of carboxylic acids is 1. The molecule has 1 aliphatic heterocycles. The SMILES string of the molecule is C=C(/C=C/C=C1/N(CCCCCC(=O)O)c2ccc3c(S(=O)(=O)O)cc(S(=O)(=O)O)cc3c2C1(C)C)C(C)(CCCS(=O)(=O)O)c1c(C)ccc2ccc(S(=O)(=O)O)cc12. The van der Waals surface area contributed by atoms with Gasteiger partial charge in [-0.2, -0.15) is 33.7 Å². The van der Waals surface area contributed by atoms with Crippen molar-refractivity contribution in [3.05, 3.63) is 107 Å². The Hall–Kier alpha value is -4.47. The van der Waals surface area contributed by atoms with Gasteiger partial charge < -0.3 is 10.0 Å². The molecule has 324 valence electrons. The lowest BCUT2D eigenvalue weighted by molar-refractivity contribution is -0.137. The zero-order valence-corrected chi connectivity index (χ0v) is 36.5. The monoisotopic (exact) mass is 905 g/mol. The van der Waals surface area contributed by atoms with E-state index in [4.69, 9.17) is 5.11 Å². The largest absolute Gasteiger partial charge is 0.481 e. The first-order valence-electron chi connectivity index (χ1n) is 18.7. The van der Waals surface area contributed by atoms with E-state index in [0.717, 1.165) is 6.07 Å². The van der Waals surface area contributed by atoms with Crippen molar-refractivity contribution in [1.29, 1.82) is 0 Å². The standard InChI is InChI=1S/C41H47NO14S4/c1-26-14-15-28-16-17-29(58(48,49)50)23-32(28)38(26)41(5,20-10-22-57(45,46)47)27(2)11-9-12-36-40(3,4)39-33-24-30(59(51,52)53)25-35(60(54,55)56)31(33)18-19-34(39)42(36)21-8-6-7-13-37(43)44/h9,11-12,14-19,23-25H,2,6-8,10,13,20-22H2,1,3-5H3,(H,43,44)(H,45,46,47)(H,48,49,50)(H,51,52,53)(H,54,55,56)/b11-9+,36-12+. The molecule has 0 radical (unpaired) electrons. The van der Waals surface area contributed by atoms with Gasteiger partial charge >= 0.3 is 5.97 Å². The fraction of sp³-hybridized carbons (Fsp3) is 0.341. The number of hydrogen-bond acceptors (Lipinski definition) is 10. The summed E-state index contributed by atoms with van der Waals surface area (Å²) >= 11 is 0. The van der Waals surface area contributed by atoms with Crippen molar-refractivity contribution in [3.8, 4) is 0 Å². The summed E-state index contributed by atoms with van der Waals surface area (Å²) in [4.78, 5) is 11.3. The number of fused-ring (bicyclic) bond motifs is 4. The van der Waals surface area contributed by atoms with Crippen LogP contribution in [0.2, 0.25) is 0 Å². The van der Waals surface area contributed by atoms with Crippen molar-refractivity contribution < 1.29 is 61.8 Å². The van der Waals surface area contributed by atoms with Crippen LogP contribution in [0.3, 0.4) is 0 Å². The van der Waals surface area contributed by atoms with E-state index >= 15 is 0 Å². The van der Waals surface area contributed by atoms with Crippen LogP contribution in [0, 0.1) is 6.92 Å². The first-order chi connectivity index (χ1) is 27.6. The zero-order chi connectivity index (χ0) is 44.8. The summed E-state index contributed by atoms with van der Waals surface area (Å²) in [6.07, 6.45) is 6.71. The van der Waals surface area contributed by atoms with Crippen LogP contribution in [0.1, 0.15) is 76.0 Å². The highest BCUT2D eigenvalue weighted by molar-refractivity contribution is 7.87. The normalized spacial score (nSPS) is 16.5. The number of rotatable bonds is 17. The van der Waals surface area contributed by atoms with E-state index in [1.165, 1.54) is 18.2 Å². The lowest BCUT2D eigenvalue weighted by Gasteiger charge is -2.34. The van der Waals surface area contributed by atoms with Gasteiger partial charge in [0.1, 0.15) is 4.90 Å². The fourth-order valence-corrected chi connectivity index (χ4v) is 10.6. The van der Waals surface area contributed by atoms with Gasteiger partial charge in [0.05, 0.1) is 15.5 Å². The van der Waals surface area contributed by atoms with Gasteiger partial charge in [-0.15, -0.1) is 0 Å². The van der Waals surface area contributed by atoms with Crippen molar-refractivity contribution in [2.45, 2.75) is 91.7 Å². The van der Waals surface area contributed by atoms with Crippen LogP contribution in [0.25, 0.3) is 21.5 Å². The van der Waals surface area contributed by atoms with Crippen LogP contribution in [0.5, 0.6) is 0 Å². The molecule has 15 nitrogen and oxygen atoms in total.